The first-order valence-corrected chi connectivity index (χ1v) is 11.0. The number of ether oxygens (including phenoxy) is 3. The van der Waals surface area contributed by atoms with Crippen LogP contribution in [0.3, 0.4) is 0 Å². The zero-order valence-electron chi connectivity index (χ0n) is 17.0. The number of aromatic nitrogens is 3. The van der Waals surface area contributed by atoms with E-state index in [1.807, 2.05) is 40.9 Å². The van der Waals surface area contributed by atoms with Crippen molar-refractivity contribution < 1.29 is 19.0 Å². The molecule has 1 fully saturated rings. The summed E-state index contributed by atoms with van der Waals surface area (Å²) in [6.07, 6.45) is 1.82. The van der Waals surface area contributed by atoms with Gasteiger partial charge in [0.05, 0.1) is 55.2 Å². The molecule has 1 spiro atoms. The van der Waals surface area contributed by atoms with E-state index in [4.69, 9.17) is 14.2 Å². The van der Waals surface area contributed by atoms with E-state index in [2.05, 4.69) is 10.3 Å². The molecule has 0 aromatic carbocycles. The van der Waals surface area contributed by atoms with Crippen LogP contribution in [0.25, 0.3) is 0 Å². The number of nitrogens with zero attached hydrogens (tertiary/aromatic N) is 4. The summed E-state index contributed by atoms with van der Waals surface area (Å²) < 4.78 is 19.4. The maximum Gasteiger partial charge on any atom is 0.263 e. The van der Waals surface area contributed by atoms with Crippen molar-refractivity contribution in [2.75, 3.05) is 26.3 Å². The number of piperidine rings is 1. The van der Waals surface area contributed by atoms with Gasteiger partial charge in [-0.25, -0.2) is 4.68 Å². The second kappa shape index (κ2) is 8.91. The summed E-state index contributed by atoms with van der Waals surface area (Å²) in [5.74, 6) is 0.119. The molecular formula is C20H28N4O4S. The van der Waals surface area contributed by atoms with Crippen molar-refractivity contribution in [2.24, 2.45) is 0 Å². The van der Waals surface area contributed by atoms with Crippen LogP contribution in [0.4, 0.5) is 0 Å². The molecule has 0 unspecified atom stereocenters. The second-order valence-electron chi connectivity index (χ2n) is 7.85. The van der Waals surface area contributed by atoms with Gasteiger partial charge in [-0.3, -0.25) is 4.79 Å². The first kappa shape index (κ1) is 20.5. The number of likely N-dealkylation sites (tertiary alicyclic amines) is 1. The van der Waals surface area contributed by atoms with Crippen molar-refractivity contribution in [2.45, 2.75) is 58.2 Å². The maximum absolute atomic E-state index is 12.6. The van der Waals surface area contributed by atoms with E-state index in [1.165, 1.54) is 11.3 Å². The van der Waals surface area contributed by atoms with Crippen LogP contribution in [0.15, 0.2) is 17.5 Å². The van der Waals surface area contributed by atoms with Crippen molar-refractivity contribution in [3.05, 3.63) is 33.8 Å². The van der Waals surface area contributed by atoms with E-state index in [1.54, 1.807) is 0 Å². The lowest BCUT2D eigenvalue weighted by Crippen LogP contribution is -2.52. The van der Waals surface area contributed by atoms with Crippen LogP contribution in [-0.2, 0) is 34.0 Å². The van der Waals surface area contributed by atoms with Gasteiger partial charge in [0.1, 0.15) is 5.69 Å². The van der Waals surface area contributed by atoms with Gasteiger partial charge in [-0.05, 0) is 38.1 Å². The molecule has 1 saturated heterocycles. The van der Waals surface area contributed by atoms with Crippen LogP contribution < -0.4 is 0 Å². The third-order valence-corrected chi connectivity index (χ3v) is 6.34. The van der Waals surface area contributed by atoms with Crippen LogP contribution >= 0.6 is 11.3 Å². The Morgan fingerprint density at radius 2 is 2.17 bits per heavy atom. The van der Waals surface area contributed by atoms with Crippen LogP contribution in [0.5, 0.6) is 0 Å². The summed E-state index contributed by atoms with van der Waals surface area (Å²) in [4.78, 5) is 15.3. The molecule has 29 heavy (non-hydrogen) atoms. The van der Waals surface area contributed by atoms with Crippen molar-refractivity contribution in [3.63, 3.8) is 0 Å². The van der Waals surface area contributed by atoms with E-state index in [0.29, 0.717) is 46.1 Å². The molecule has 0 aliphatic carbocycles. The van der Waals surface area contributed by atoms with Gasteiger partial charge in [-0.15, -0.1) is 16.4 Å². The standard InChI is InChI=1S/C20H28N4O4S/c1-15(2)27-10-9-26-12-16-17-13-28-20(14-24(17)22-21-16)5-7-23(8-6-20)19(25)18-4-3-11-29-18/h3-4,11,15H,5-10,12-14H2,1-2H3. The van der Waals surface area contributed by atoms with Crippen molar-refractivity contribution >= 4 is 17.2 Å². The number of hydrogen-bond acceptors (Lipinski definition) is 7. The molecular weight excluding hydrogens is 392 g/mol. The fourth-order valence-electron chi connectivity index (χ4n) is 3.79. The monoisotopic (exact) mass is 420 g/mol. The number of amides is 1. The zero-order chi connectivity index (χ0) is 20.3. The third kappa shape index (κ3) is 4.69. The van der Waals surface area contributed by atoms with Crippen molar-refractivity contribution in [3.8, 4) is 0 Å². The highest BCUT2D eigenvalue weighted by Crippen LogP contribution is 2.34. The topological polar surface area (TPSA) is 78.7 Å². The first-order valence-electron chi connectivity index (χ1n) is 10.1. The molecule has 2 aromatic heterocycles. The molecule has 4 heterocycles. The fourth-order valence-corrected chi connectivity index (χ4v) is 4.48. The molecule has 8 nitrogen and oxygen atoms in total. The molecule has 0 N–H and O–H groups in total. The summed E-state index contributed by atoms with van der Waals surface area (Å²) >= 11 is 1.49. The number of fused-ring (bicyclic) bond motifs is 1. The average molecular weight is 421 g/mol. The van der Waals surface area contributed by atoms with Gasteiger partial charge in [0.2, 0.25) is 0 Å². The summed E-state index contributed by atoms with van der Waals surface area (Å²) in [5, 5.41) is 10.6. The summed E-state index contributed by atoms with van der Waals surface area (Å²) in [7, 11) is 0. The largest absolute Gasteiger partial charge is 0.376 e. The van der Waals surface area contributed by atoms with Gasteiger partial charge in [0.25, 0.3) is 5.91 Å². The minimum Gasteiger partial charge on any atom is -0.376 e. The van der Waals surface area contributed by atoms with Gasteiger partial charge in [-0.1, -0.05) is 11.3 Å². The van der Waals surface area contributed by atoms with Gasteiger partial charge in [0, 0.05) is 13.1 Å². The second-order valence-corrected chi connectivity index (χ2v) is 8.80. The Hall–Kier alpha value is -1.81. The molecule has 2 aliphatic rings. The van der Waals surface area contributed by atoms with Crippen LogP contribution in [0.1, 0.15) is 47.7 Å². The molecule has 0 saturated carbocycles. The van der Waals surface area contributed by atoms with Crippen LogP contribution in [0, 0.1) is 0 Å². The number of rotatable bonds is 7. The number of thiophene rings is 1. The predicted molar refractivity (Wildman–Crippen MR) is 108 cm³/mol. The Morgan fingerprint density at radius 3 is 2.90 bits per heavy atom. The molecule has 0 bridgehead atoms. The molecule has 1 amide bonds. The van der Waals surface area contributed by atoms with E-state index >= 15 is 0 Å². The van der Waals surface area contributed by atoms with E-state index < -0.39 is 0 Å². The molecule has 9 heteroatoms. The maximum atomic E-state index is 12.6. The summed E-state index contributed by atoms with van der Waals surface area (Å²) in [6.45, 7) is 8.08. The lowest BCUT2D eigenvalue weighted by atomic mass is 9.89. The quantitative estimate of drug-likeness (QED) is 0.641. The van der Waals surface area contributed by atoms with Crippen LogP contribution in [-0.4, -0.2) is 63.8 Å². The van der Waals surface area contributed by atoms with Crippen molar-refractivity contribution in [1.82, 2.24) is 19.9 Å². The lowest BCUT2D eigenvalue weighted by Gasteiger charge is -2.43. The molecule has 0 radical (unpaired) electrons. The smallest absolute Gasteiger partial charge is 0.263 e. The molecule has 4 rings (SSSR count). The average Bonchev–Trinajstić information content (AvgIpc) is 3.38. The highest BCUT2D eigenvalue weighted by molar-refractivity contribution is 7.12. The lowest BCUT2D eigenvalue weighted by molar-refractivity contribution is -0.120. The highest BCUT2D eigenvalue weighted by atomic mass is 32.1. The fraction of sp³-hybridized carbons (Fsp3) is 0.650. The van der Waals surface area contributed by atoms with Crippen LogP contribution in [0.2, 0.25) is 0 Å². The van der Waals surface area contributed by atoms with Gasteiger partial charge >= 0.3 is 0 Å². The SMILES string of the molecule is CC(C)OCCOCc1nnn2c1COC1(CCN(C(=O)c3cccs3)CC1)C2. The minimum atomic E-state index is -0.268. The summed E-state index contributed by atoms with van der Waals surface area (Å²) in [6, 6.07) is 3.80. The summed E-state index contributed by atoms with van der Waals surface area (Å²) in [5.41, 5.74) is 1.54. The Kier molecular flexibility index (Phi) is 6.29. The first-order chi connectivity index (χ1) is 14.1. The highest BCUT2D eigenvalue weighted by Gasteiger charge is 2.41. The minimum absolute atomic E-state index is 0.119. The van der Waals surface area contributed by atoms with Gasteiger partial charge < -0.3 is 19.1 Å². The van der Waals surface area contributed by atoms with Crippen molar-refractivity contribution in [1.29, 1.82) is 0 Å². The Balaban J connectivity index is 1.29. The van der Waals surface area contributed by atoms with E-state index in [0.717, 1.165) is 29.1 Å². The third-order valence-electron chi connectivity index (χ3n) is 5.48. The molecule has 158 valence electrons. The Bertz CT molecular complexity index is 813. The molecule has 2 aromatic rings. The Morgan fingerprint density at radius 1 is 1.34 bits per heavy atom. The number of hydrogen-bond donors (Lipinski definition) is 0. The molecule has 0 atom stereocenters. The normalized spacial score (nSPS) is 18.4. The zero-order valence-corrected chi connectivity index (χ0v) is 17.8. The van der Waals surface area contributed by atoms with E-state index in [9.17, 15) is 4.79 Å². The molecule has 2 aliphatic heterocycles. The van der Waals surface area contributed by atoms with E-state index in [-0.39, 0.29) is 17.6 Å². The predicted octanol–water partition coefficient (Wildman–Crippen LogP) is 2.49. The van der Waals surface area contributed by atoms with Gasteiger partial charge in [-0.2, -0.15) is 0 Å². The Labute approximate surface area is 174 Å². The number of carbonyl (C=O) groups excluding carboxylic acids is 1. The number of carbonyl (C=O) groups is 1. The van der Waals surface area contributed by atoms with Gasteiger partial charge in [0.15, 0.2) is 0 Å².